The van der Waals surface area contributed by atoms with E-state index in [0.29, 0.717) is 25.7 Å². The van der Waals surface area contributed by atoms with Crippen molar-refractivity contribution >= 4 is 11.6 Å². The van der Waals surface area contributed by atoms with Crippen LogP contribution < -0.4 is 20.5 Å². The van der Waals surface area contributed by atoms with E-state index in [1.807, 2.05) is 49.8 Å². The van der Waals surface area contributed by atoms with Gasteiger partial charge >= 0.3 is 0 Å². The van der Waals surface area contributed by atoms with Crippen LogP contribution in [0, 0.1) is 0 Å². The van der Waals surface area contributed by atoms with E-state index in [0.717, 1.165) is 40.3 Å². The molecule has 144 valence electrons. The van der Waals surface area contributed by atoms with Crippen LogP contribution in [0.5, 0.6) is 11.5 Å². The Morgan fingerprint density at radius 2 is 2.00 bits per heavy atom. The lowest BCUT2D eigenvalue weighted by Crippen LogP contribution is -2.22. The van der Waals surface area contributed by atoms with Gasteiger partial charge in [0.25, 0.3) is 0 Å². The highest BCUT2D eigenvalue weighted by Crippen LogP contribution is 2.32. The summed E-state index contributed by atoms with van der Waals surface area (Å²) in [5.74, 6) is 1.83. The standard InChI is InChI=1S/C21H23N5O2/c1-26-14-17(13-24-26)16-5-2-4-15(10-16)12-23-21(22)25-18-6-7-19-20(11-18)28-9-3-8-27-19/h2,4-7,10-11,13-14H,3,8-9,12H2,1H3,(H3,22,23,25). The minimum Gasteiger partial charge on any atom is -0.490 e. The fraction of sp³-hybridized carbons (Fsp3) is 0.238. The minimum atomic E-state index is 0.348. The van der Waals surface area contributed by atoms with Crippen molar-refractivity contribution in [1.82, 2.24) is 9.78 Å². The fourth-order valence-electron chi connectivity index (χ4n) is 3.02. The van der Waals surface area contributed by atoms with E-state index in [9.17, 15) is 0 Å². The van der Waals surface area contributed by atoms with Crippen LogP contribution in [0.3, 0.4) is 0 Å². The van der Waals surface area contributed by atoms with E-state index in [1.54, 1.807) is 4.68 Å². The second kappa shape index (κ2) is 8.04. The zero-order valence-electron chi connectivity index (χ0n) is 15.8. The van der Waals surface area contributed by atoms with Gasteiger partial charge in [0.15, 0.2) is 17.5 Å². The lowest BCUT2D eigenvalue weighted by Gasteiger charge is -2.11. The Labute approximate surface area is 163 Å². The predicted molar refractivity (Wildman–Crippen MR) is 110 cm³/mol. The van der Waals surface area contributed by atoms with Crippen molar-refractivity contribution in [2.75, 3.05) is 18.5 Å². The molecule has 0 saturated heterocycles. The van der Waals surface area contributed by atoms with Crippen LogP contribution in [-0.2, 0) is 13.6 Å². The van der Waals surface area contributed by atoms with Crippen molar-refractivity contribution in [2.45, 2.75) is 13.0 Å². The molecular formula is C21H23N5O2. The van der Waals surface area contributed by atoms with Crippen LogP contribution in [-0.4, -0.2) is 29.0 Å². The van der Waals surface area contributed by atoms with E-state index in [-0.39, 0.29) is 0 Å². The Bertz CT molecular complexity index is 996. The number of nitrogens with one attached hydrogen (secondary N) is 1. The second-order valence-corrected chi connectivity index (χ2v) is 6.64. The Morgan fingerprint density at radius 1 is 1.14 bits per heavy atom. The van der Waals surface area contributed by atoms with Crippen molar-refractivity contribution in [1.29, 1.82) is 0 Å². The SMILES string of the molecule is Cn1cc(-c2cccc(CN=C(N)Nc3ccc4c(c3)OCCCO4)c2)cn1. The van der Waals surface area contributed by atoms with Gasteiger partial charge in [-0.3, -0.25) is 4.68 Å². The molecule has 0 fully saturated rings. The highest BCUT2D eigenvalue weighted by atomic mass is 16.5. The van der Waals surface area contributed by atoms with Gasteiger partial charge in [-0.25, -0.2) is 4.99 Å². The summed E-state index contributed by atoms with van der Waals surface area (Å²) < 4.78 is 13.1. The summed E-state index contributed by atoms with van der Waals surface area (Å²) >= 11 is 0. The summed E-state index contributed by atoms with van der Waals surface area (Å²) in [7, 11) is 1.91. The number of nitrogens with two attached hydrogens (primary N) is 1. The topological polar surface area (TPSA) is 86.7 Å². The molecule has 0 unspecified atom stereocenters. The maximum absolute atomic E-state index is 6.07. The molecule has 0 radical (unpaired) electrons. The van der Waals surface area contributed by atoms with Crippen LogP contribution >= 0.6 is 0 Å². The van der Waals surface area contributed by atoms with Gasteiger partial charge in [-0.1, -0.05) is 18.2 Å². The molecule has 28 heavy (non-hydrogen) atoms. The first kappa shape index (κ1) is 17.9. The summed E-state index contributed by atoms with van der Waals surface area (Å²) in [6.45, 7) is 1.80. The molecule has 1 aliphatic heterocycles. The number of anilines is 1. The molecule has 4 rings (SSSR count). The molecule has 1 aromatic heterocycles. The molecule has 2 aromatic carbocycles. The fourth-order valence-corrected chi connectivity index (χ4v) is 3.02. The first-order valence-electron chi connectivity index (χ1n) is 9.22. The molecule has 2 heterocycles. The lowest BCUT2D eigenvalue weighted by atomic mass is 10.1. The molecule has 7 nitrogen and oxygen atoms in total. The van der Waals surface area contributed by atoms with Gasteiger partial charge in [0.2, 0.25) is 0 Å². The number of benzene rings is 2. The molecule has 3 aromatic rings. The van der Waals surface area contributed by atoms with Gasteiger partial charge in [0.1, 0.15) is 0 Å². The predicted octanol–water partition coefficient (Wildman–Crippen LogP) is 3.18. The van der Waals surface area contributed by atoms with Crippen molar-refractivity contribution < 1.29 is 9.47 Å². The van der Waals surface area contributed by atoms with Crippen LogP contribution in [0.2, 0.25) is 0 Å². The Hall–Kier alpha value is -3.48. The Morgan fingerprint density at radius 3 is 2.82 bits per heavy atom. The zero-order valence-corrected chi connectivity index (χ0v) is 15.8. The van der Waals surface area contributed by atoms with E-state index in [1.165, 1.54) is 0 Å². The lowest BCUT2D eigenvalue weighted by molar-refractivity contribution is 0.297. The number of rotatable bonds is 4. The van der Waals surface area contributed by atoms with E-state index in [2.05, 4.69) is 27.5 Å². The number of aryl methyl sites for hydroxylation is 1. The van der Waals surface area contributed by atoms with Gasteiger partial charge in [0.05, 0.1) is 26.0 Å². The molecule has 0 saturated carbocycles. The maximum atomic E-state index is 6.07. The average molecular weight is 377 g/mol. The number of aliphatic imine (C=N–C) groups is 1. The summed E-state index contributed by atoms with van der Waals surface area (Å²) in [5.41, 5.74) is 10.1. The number of hydrogen-bond donors (Lipinski definition) is 2. The van der Waals surface area contributed by atoms with E-state index < -0.39 is 0 Å². The average Bonchev–Trinajstić information content (AvgIpc) is 3.00. The molecule has 0 atom stereocenters. The third-order valence-electron chi connectivity index (χ3n) is 4.42. The third-order valence-corrected chi connectivity index (χ3v) is 4.42. The molecule has 0 bridgehead atoms. The van der Waals surface area contributed by atoms with Crippen LogP contribution in [0.1, 0.15) is 12.0 Å². The van der Waals surface area contributed by atoms with Crippen LogP contribution in [0.15, 0.2) is 59.9 Å². The first-order valence-corrected chi connectivity index (χ1v) is 9.22. The van der Waals surface area contributed by atoms with Crippen molar-refractivity contribution in [3.8, 4) is 22.6 Å². The van der Waals surface area contributed by atoms with Crippen LogP contribution in [0.25, 0.3) is 11.1 Å². The number of aromatic nitrogens is 2. The molecule has 7 heteroatoms. The zero-order chi connectivity index (χ0) is 19.3. The van der Waals surface area contributed by atoms with Gasteiger partial charge in [-0.2, -0.15) is 5.10 Å². The number of nitrogens with zero attached hydrogens (tertiary/aromatic N) is 3. The Balaban J connectivity index is 1.43. The van der Waals surface area contributed by atoms with Gasteiger partial charge in [-0.05, 0) is 29.3 Å². The number of hydrogen-bond acceptors (Lipinski definition) is 4. The minimum absolute atomic E-state index is 0.348. The summed E-state index contributed by atoms with van der Waals surface area (Å²) in [6, 6.07) is 13.9. The molecule has 0 spiro atoms. The van der Waals surface area contributed by atoms with Gasteiger partial charge < -0.3 is 20.5 Å². The molecular weight excluding hydrogens is 354 g/mol. The summed E-state index contributed by atoms with van der Waals surface area (Å²) in [6.07, 6.45) is 4.71. The van der Waals surface area contributed by atoms with Crippen LogP contribution in [0.4, 0.5) is 5.69 Å². The van der Waals surface area contributed by atoms with Crippen molar-refractivity contribution in [3.05, 3.63) is 60.4 Å². The molecule has 0 amide bonds. The van der Waals surface area contributed by atoms with Gasteiger partial charge in [0, 0.05) is 37.0 Å². The normalized spacial score (nSPS) is 13.8. The highest BCUT2D eigenvalue weighted by molar-refractivity contribution is 5.92. The summed E-state index contributed by atoms with van der Waals surface area (Å²) in [5, 5.41) is 7.33. The van der Waals surface area contributed by atoms with Crippen molar-refractivity contribution in [3.63, 3.8) is 0 Å². The number of ether oxygens (including phenoxy) is 2. The quantitative estimate of drug-likeness (QED) is 0.539. The van der Waals surface area contributed by atoms with Crippen molar-refractivity contribution in [2.24, 2.45) is 17.8 Å². The van der Waals surface area contributed by atoms with E-state index >= 15 is 0 Å². The smallest absolute Gasteiger partial charge is 0.193 e. The molecule has 0 aliphatic carbocycles. The van der Waals surface area contributed by atoms with E-state index in [4.69, 9.17) is 15.2 Å². The molecule has 1 aliphatic rings. The molecule has 3 N–H and O–H groups in total. The Kier molecular flexibility index (Phi) is 5.14. The van der Waals surface area contributed by atoms with Gasteiger partial charge in [-0.15, -0.1) is 0 Å². The third kappa shape index (κ3) is 4.25. The largest absolute Gasteiger partial charge is 0.490 e. The summed E-state index contributed by atoms with van der Waals surface area (Å²) in [4.78, 5) is 4.45. The highest BCUT2D eigenvalue weighted by Gasteiger charge is 2.11. The second-order valence-electron chi connectivity index (χ2n) is 6.64. The monoisotopic (exact) mass is 377 g/mol. The first-order chi connectivity index (χ1) is 13.7. The number of fused-ring (bicyclic) bond motifs is 1. The number of guanidine groups is 1. The maximum Gasteiger partial charge on any atom is 0.193 e.